The average Bonchev–Trinajstić information content (AvgIpc) is 2.31. The quantitative estimate of drug-likeness (QED) is 0.815. The van der Waals surface area contributed by atoms with Crippen molar-refractivity contribution in [2.45, 2.75) is 32.6 Å². The molecule has 2 atom stereocenters. The summed E-state index contributed by atoms with van der Waals surface area (Å²) < 4.78 is 0.848. The highest BCUT2D eigenvalue weighted by Crippen LogP contribution is 2.29. The summed E-state index contributed by atoms with van der Waals surface area (Å²) in [5.41, 5.74) is 1.04. The van der Waals surface area contributed by atoms with Crippen LogP contribution in [0.2, 0.25) is 5.15 Å². The lowest BCUT2D eigenvalue weighted by Crippen LogP contribution is -2.21. The van der Waals surface area contributed by atoms with E-state index in [4.69, 9.17) is 11.6 Å². The molecule has 0 aromatic carbocycles. The first kappa shape index (κ1) is 13.2. The van der Waals surface area contributed by atoms with Crippen LogP contribution < -0.4 is 5.32 Å². The zero-order valence-corrected chi connectivity index (χ0v) is 12.4. The molecule has 0 amide bonds. The molecule has 0 saturated heterocycles. The molecule has 1 N–H and O–H groups in total. The van der Waals surface area contributed by atoms with E-state index in [2.05, 4.69) is 33.2 Å². The van der Waals surface area contributed by atoms with Crippen LogP contribution in [-0.2, 0) is 0 Å². The third-order valence-corrected chi connectivity index (χ3v) is 4.57. The Balaban J connectivity index is 1.86. The molecule has 4 heteroatoms. The number of anilines is 1. The van der Waals surface area contributed by atoms with Gasteiger partial charge in [-0.3, -0.25) is 0 Å². The van der Waals surface area contributed by atoms with E-state index in [1.165, 1.54) is 25.7 Å². The molecule has 1 fully saturated rings. The minimum absolute atomic E-state index is 0.516. The summed E-state index contributed by atoms with van der Waals surface area (Å²) in [6.07, 6.45) is 7.24. The number of hydrogen-bond acceptors (Lipinski definition) is 2. The number of pyridine rings is 1. The molecule has 1 aromatic heterocycles. The third-order valence-electron chi connectivity index (χ3n) is 3.44. The Hall–Kier alpha value is -0.280. The van der Waals surface area contributed by atoms with E-state index in [9.17, 15) is 0 Å². The second kappa shape index (κ2) is 6.05. The topological polar surface area (TPSA) is 24.9 Å². The maximum Gasteiger partial charge on any atom is 0.143 e. The van der Waals surface area contributed by atoms with Crippen molar-refractivity contribution in [3.8, 4) is 0 Å². The van der Waals surface area contributed by atoms with Crippen LogP contribution in [0.25, 0.3) is 0 Å². The Kier molecular flexibility index (Phi) is 4.69. The predicted octanol–water partition coefficient (Wildman–Crippen LogP) is 4.74. The Morgan fingerprint density at radius 1 is 1.53 bits per heavy atom. The van der Waals surface area contributed by atoms with E-state index in [0.717, 1.165) is 28.5 Å². The maximum absolute atomic E-state index is 5.86. The van der Waals surface area contributed by atoms with E-state index < -0.39 is 0 Å². The van der Waals surface area contributed by atoms with Gasteiger partial charge in [-0.05, 0) is 46.7 Å². The second-order valence-electron chi connectivity index (χ2n) is 5.02. The van der Waals surface area contributed by atoms with Gasteiger partial charge in [-0.25, -0.2) is 4.98 Å². The van der Waals surface area contributed by atoms with Crippen molar-refractivity contribution < 1.29 is 0 Å². The van der Waals surface area contributed by atoms with Gasteiger partial charge >= 0.3 is 0 Å². The molecule has 0 radical (unpaired) electrons. The number of aromatic nitrogens is 1. The molecular weight excluding hydrogens is 300 g/mol. The van der Waals surface area contributed by atoms with Crippen LogP contribution >= 0.6 is 27.5 Å². The molecule has 1 saturated carbocycles. The smallest absolute Gasteiger partial charge is 0.143 e. The molecule has 0 spiro atoms. The minimum Gasteiger partial charge on any atom is -0.383 e. The largest absolute Gasteiger partial charge is 0.383 e. The van der Waals surface area contributed by atoms with Gasteiger partial charge in [-0.1, -0.05) is 31.4 Å². The highest BCUT2D eigenvalue weighted by molar-refractivity contribution is 9.10. The molecule has 0 aliphatic heterocycles. The van der Waals surface area contributed by atoms with Crippen LogP contribution in [0.3, 0.4) is 0 Å². The number of halogens is 2. The Bertz CT molecular complexity index is 384. The molecule has 1 aromatic rings. The zero-order chi connectivity index (χ0) is 12.3. The van der Waals surface area contributed by atoms with E-state index in [-0.39, 0.29) is 0 Å². The van der Waals surface area contributed by atoms with Gasteiger partial charge in [0, 0.05) is 6.54 Å². The Labute approximate surface area is 116 Å². The van der Waals surface area contributed by atoms with Crippen LogP contribution in [0.1, 0.15) is 32.6 Å². The molecule has 1 aliphatic carbocycles. The first-order chi connectivity index (χ1) is 8.15. The van der Waals surface area contributed by atoms with Crippen LogP contribution in [0, 0.1) is 11.8 Å². The molecule has 2 rings (SSSR count). The summed E-state index contributed by atoms with van der Waals surface area (Å²) in [4.78, 5) is 4.11. The summed E-state index contributed by atoms with van der Waals surface area (Å²) in [7, 11) is 0. The van der Waals surface area contributed by atoms with E-state index in [0.29, 0.717) is 5.15 Å². The Morgan fingerprint density at radius 3 is 3.06 bits per heavy atom. The number of rotatable bonds is 3. The monoisotopic (exact) mass is 316 g/mol. The zero-order valence-electron chi connectivity index (χ0n) is 10.0. The molecule has 2 unspecified atom stereocenters. The van der Waals surface area contributed by atoms with Crippen LogP contribution in [0.5, 0.6) is 0 Å². The molecule has 17 heavy (non-hydrogen) atoms. The number of nitrogens with one attached hydrogen (secondary N) is 1. The molecule has 94 valence electrons. The van der Waals surface area contributed by atoms with Crippen LogP contribution in [0.15, 0.2) is 16.7 Å². The summed E-state index contributed by atoms with van der Waals surface area (Å²) in [5.74, 6) is 1.68. The van der Waals surface area contributed by atoms with Crippen molar-refractivity contribution in [1.82, 2.24) is 4.98 Å². The van der Waals surface area contributed by atoms with Crippen molar-refractivity contribution in [2.24, 2.45) is 11.8 Å². The predicted molar refractivity (Wildman–Crippen MR) is 76.6 cm³/mol. The average molecular weight is 318 g/mol. The normalized spacial score (nSPS) is 24.6. The van der Waals surface area contributed by atoms with Crippen molar-refractivity contribution in [3.05, 3.63) is 21.9 Å². The second-order valence-corrected chi connectivity index (χ2v) is 6.23. The van der Waals surface area contributed by atoms with Crippen molar-refractivity contribution in [1.29, 1.82) is 0 Å². The van der Waals surface area contributed by atoms with Gasteiger partial charge in [0.2, 0.25) is 0 Å². The third kappa shape index (κ3) is 3.85. The van der Waals surface area contributed by atoms with Gasteiger partial charge in [-0.2, -0.15) is 0 Å². The summed E-state index contributed by atoms with van der Waals surface area (Å²) >= 11 is 9.25. The van der Waals surface area contributed by atoms with Crippen molar-refractivity contribution in [3.63, 3.8) is 0 Å². The number of nitrogens with zero attached hydrogens (tertiary/aromatic N) is 1. The van der Waals surface area contributed by atoms with E-state index in [1.54, 1.807) is 6.20 Å². The van der Waals surface area contributed by atoms with Crippen molar-refractivity contribution >= 4 is 33.2 Å². The fraction of sp³-hybridized carbons (Fsp3) is 0.615. The first-order valence-corrected chi connectivity index (χ1v) is 7.37. The molecule has 0 bridgehead atoms. The van der Waals surface area contributed by atoms with Gasteiger partial charge in [0.05, 0.1) is 16.4 Å². The first-order valence-electron chi connectivity index (χ1n) is 6.20. The lowest BCUT2D eigenvalue weighted by molar-refractivity contribution is 0.293. The van der Waals surface area contributed by atoms with Gasteiger partial charge in [0.1, 0.15) is 5.15 Å². The fourth-order valence-corrected chi connectivity index (χ4v) is 2.98. The fourth-order valence-electron chi connectivity index (χ4n) is 2.53. The minimum atomic E-state index is 0.516. The van der Waals surface area contributed by atoms with Crippen LogP contribution in [-0.4, -0.2) is 11.5 Å². The van der Waals surface area contributed by atoms with Gasteiger partial charge in [0.25, 0.3) is 0 Å². The van der Waals surface area contributed by atoms with Gasteiger partial charge < -0.3 is 5.32 Å². The van der Waals surface area contributed by atoms with E-state index >= 15 is 0 Å². The van der Waals surface area contributed by atoms with E-state index in [1.807, 2.05) is 6.07 Å². The van der Waals surface area contributed by atoms with Crippen LogP contribution in [0.4, 0.5) is 5.69 Å². The number of hydrogen-bond donors (Lipinski definition) is 1. The molecule has 1 heterocycles. The molecule has 2 nitrogen and oxygen atoms in total. The summed E-state index contributed by atoms with van der Waals surface area (Å²) in [6.45, 7) is 3.40. The lowest BCUT2D eigenvalue weighted by Gasteiger charge is -2.27. The highest BCUT2D eigenvalue weighted by Gasteiger charge is 2.18. The molecule has 1 aliphatic rings. The van der Waals surface area contributed by atoms with Gasteiger partial charge in [-0.15, -0.1) is 0 Å². The van der Waals surface area contributed by atoms with Crippen molar-refractivity contribution in [2.75, 3.05) is 11.9 Å². The Morgan fingerprint density at radius 2 is 2.35 bits per heavy atom. The summed E-state index contributed by atoms with van der Waals surface area (Å²) in [5, 5.41) is 3.97. The SMILES string of the molecule is CC1CCCC(CNc2cnc(Cl)c(Br)c2)C1. The molecular formula is C13H18BrClN2. The van der Waals surface area contributed by atoms with Gasteiger partial charge in [0.15, 0.2) is 0 Å². The summed E-state index contributed by atoms with van der Waals surface area (Å²) in [6, 6.07) is 1.99. The lowest BCUT2D eigenvalue weighted by atomic mass is 9.82. The standard InChI is InChI=1S/C13H18BrClN2/c1-9-3-2-4-10(5-9)7-16-11-6-12(14)13(15)17-8-11/h6,8-10,16H,2-5,7H2,1H3. The maximum atomic E-state index is 5.86. The highest BCUT2D eigenvalue weighted by atomic mass is 79.9.